The van der Waals surface area contributed by atoms with Crippen LogP contribution in [0.5, 0.6) is 5.75 Å². The highest BCUT2D eigenvalue weighted by atomic mass is 19.1. The highest BCUT2D eigenvalue weighted by Crippen LogP contribution is 2.45. The molecule has 2 fully saturated rings. The standard InChI is InChI=1S/C23H26FN5O/c1-28-10-9-18(27-28)15-5-6-17(21(30)13-15)19-7-8-22(26-25-19)29(2)20-12-14-3-4-16(11-14)23(20)24/h5-10,13-14,16,20,23,30H,3-4,11-12H2,1-2H3/t14-,16+,20+,23-/m1/s1. The molecule has 6 nitrogen and oxygen atoms in total. The molecule has 0 saturated heterocycles. The third-order valence-electron chi connectivity index (χ3n) is 6.77. The Morgan fingerprint density at radius 3 is 2.63 bits per heavy atom. The van der Waals surface area contributed by atoms with Gasteiger partial charge in [-0.25, -0.2) is 4.39 Å². The molecule has 7 heteroatoms. The topological polar surface area (TPSA) is 67.1 Å². The number of phenolic OH excluding ortho intramolecular Hbond substituents is 1. The van der Waals surface area contributed by atoms with Gasteiger partial charge in [-0.05, 0) is 67.9 Å². The first kappa shape index (κ1) is 19.0. The number of nitrogens with zero attached hydrogens (tertiary/aromatic N) is 5. The van der Waals surface area contributed by atoms with E-state index in [4.69, 9.17) is 0 Å². The lowest BCUT2D eigenvalue weighted by atomic mass is 9.83. The number of aromatic hydroxyl groups is 1. The number of hydrogen-bond donors (Lipinski definition) is 1. The summed E-state index contributed by atoms with van der Waals surface area (Å²) in [6.45, 7) is 0. The molecule has 0 radical (unpaired) electrons. The summed E-state index contributed by atoms with van der Waals surface area (Å²) >= 11 is 0. The Bertz CT molecular complexity index is 1050. The lowest BCUT2D eigenvalue weighted by Crippen LogP contribution is -2.46. The fourth-order valence-electron chi connectivity index (χ4n) is 5.08. The first-order valence-electron chi connectivity index (χ1n) is 10.5. The van der Waals surface area contributed by atoms with Gasteiger partial charge in [0, 0.05) is 31.4 Å². The van der Waals surface area contributed by atoms with E-state index in [1.54, 1.807) is 10.7 Å². The van der Waals surface area contributed by atoms with Crippen molar-refractivity contribution >= 4 is 5.82 Å². The van der Waals surface area contributed by atoms with Gasteiger partial charge in [0.1, 0.15) is 11.9 Å². The van der Waals surface area contributed by atoms with Gasteiger partial charge in [-0.3, -0.25) is 4.68 Å². The predicted octanol–water partition coefficient (Wildman–Crippen LogP) is 4.21. The van der Waals surface area contributed by atoms with Crippen LogP contribution in [0.4, 0.5) is 10.2 Å². The maximum absolute atomic E-state index is 14.9. The van der Waals surface area contributed by atoms with E-state index in [2.05, 4.69) is 15.3 Å². The summed E-state index contributed by atoms with van der Waals surface area (Å²) in [6.07, 6.45) is 5.12. The molecule has 2 bridgehead atoms. The van der Waals surface area contributed by atoms with Crippen LogP contribution in [0.15, 0.2) is 42.6 Å². The smallest absolute Gasteiger partial charge is 0.151 e. The van der Waals surface area contributed by atoms with Gasteiger partial charge in [0.25, 0.3) is 0 Å². The lowest BCUT2D eigenvalue weighted by molar-refractivity contribution is 0.144. The summed E-state index contributed by atoms with van der Waals surface area (Å²) < 4.78 is 16.6. The number of aromatic nitrogens is 4. The minimum absolute atomic E-state index is 0.126. The summed E-state index contributed by atoms with van der Waals surface area (Å²) in [5, 5.41) is 23.6. The highest BCUT2D eigenvalue weighted by molar-refractivity contribution is 5.73. The molecule has 1 aromatic carbocycles. The molecule has 0 spiro atoms. The number of halogens is 1. The quantitative estimate of drug-likeness (QED) is 0.702. The maximum atomic E-state index is 14.9. The van der Waals surface area contributed by atoms with Crippen molar-refractivity contribution in [2.24, 2.45) is 18.9 Å². The van der Waals surface area contributed by atoms with Crippen LogP contribution in [-0.2, 0) is 7.05 Å². The molecule has 5 rings (SSSR count). The maximum Gasteiger partial charge on any atom is 0.151 e. The number of fused-ring (bicyclic) bond motifs is 2. The molecule has 2 heterocycles. The Morgan fingerprint density at radius 2 is 1.93 bits per heavy atom. The second kappa shape index (κ2) is 7.38. The summed E-state index contributed by atoms with van der Waals surface area (Å²) in [7, 11) is 3.76. The Morgan fingerprint density at radius 1 is 1.07 bits per heavy atom. The number of rotatable bonds is 4. The van der Waals surface area contributed by atoms with Gasteiger partial charge in [-0.2, -0.15) is 5.10 Å². The summed E-state index contributed by atoms with van der Waals surface area (Å²) in [5.41, 5.74) is 2.82. The van der Waals surface area contributed by atoms with Crippen molar-refractivity contribution in [3.8, 4) is 28.3 Å². The number of alkyl halides is 1. The molecular formula is C23H26FN5O. The number of phenols is 1. The van der Waals surface area contributed by atoms with Gasteiger partial charge >= 0.3 is 0 Å². The van der Waals surface area contributed by atoms with Gasteiger partial charge < -0.3 is 10.0 Å². The first-order valence-corrected chi connectivity index (χ1v) is 10.5. The van der Waals surface area contributed by atoms with E-state index < -0.39 is 6.17 Å². The minimum atomic E-state index is -0.807. The zero-order valence-electron chi connectivity index (χ0n) is 17.2. The largest absolute Gasteiger partial charge is 0.507 e. The predicted molar refractivity (Wildman–Crippen MR) is 114 cm³/mol. The number of hydrogen-bond acceptors (Lipinski definition) is 5. The Kier molecular flexibility index (Phi) is 4.68. The zero-order chi connectivity index (χ0) is 20.8. The third kappa shape index (κ3) is 3.32. The molecule has 0 unspecified atom stereocenters. The normalized spacial score (nSPS) is 25.4. The fourth-order valence-corrected chi connectivity index (χ4v) is 5.08. The van der Waals surface area contributed by atoms with E-state index in [0.29, 0.717) is 23.0 Å². The molecule has 2 aliphatic carbocycles. The van der Waals surface area contributed by atoms with E-state index in [1.807, 2.05) is 55.5 Å². The van der Waals surface area contributed by atoms with Gasteiger partial charge in [0.15, 0.2) is 5.82 Å². The molecule has 2 aliphatic rings. The molecule has 2 aromatic heterocycles. The van der Waals surface area contributed by atoms with E-state index >= 15 is 0 Å². The van der Waals surface area contributed by atoms with E-state index in [0.717, 1.165) is 36.9 Å². The average molecular weight is 407 g/mol. The number of anilines is 1. The highest BCUT2D eigenvalue weighted by Gasteiger charge is 2.44. The van der Waals surface area contributed by atoms with Crippen LogP contribution in [0.1, 0.15) is 25.7 Å². The van der Waals surface area contributed by atoms with Gasteiger partial charge in [0.2, 0.25) is 0 Å². The number of benzene rings is 1. The Hall–Kier alpha value is -2.96. The third-order valence-corrected chi connectivity index (χ3v) is 6.77. The lowest BCUT2D eigenvalue weighted by Gasteiger charge is -2.38. The van der Waals surface area contributed by atoms with Crippen LogP contribution >= 0.6 is 0 Å². The second-order valence-electron chi connectivity index (χ2n) is 8.68. The molecule has 3 aromatic rings. The molecule has 1 N–H and O–H groups in total. The van der Waals surface area contributed by atoms with Crippen LogP contribution in [0, 0.1) is 11.8 Å². The van der Waals surface area contributed by atoms with Crippen LogP contribution in [0.3, 0.4) is 0 Å². The van der Waals surface area contributed by atoms with Crippen LogP contribution in [0.2, 0.25) is 0 Å². The van der Waals surface area contributed by atoms with Crippen molar-refractivity contribution in [1.82, 2.24) is 20.0 Å². The van der Waals surface area contributed by atoms with E-state index in [1.165, 1.54) is 0 Å². The minimum Gasteiger partial charge on any atom is -0.507 e. The van der Waals surface area contributed by atoms with Crippen molar-refractivity contribution in [2.75, 3.05) is 11.9 Å². The van der Waals surface area contributed by atoms with Crippen molar-refractivity contribution in [3.63, 3.8) is 0 Å². The summed E-state index contributed by atoms with van der Waals surface area (Å²) in [4.78, 5) is 1.94. The second-order valence-corrected chi connectivity index (χ2v) is 8.68. The van der Waals surface area contributed by atoms with E-state index in [-0.39, 0.29) is 17.7 Å². The molecule has 2 saturated carbocycles. The van der Waals surface area contributed by atoms with Crippen LogP contribution < -0.4 is 4.90 Å². The van der Waals surface area contributed by atoms with Crippen molar-refractivity contribution in [1.29, 1.82) is 0 Å². The molecule has 0 amide bonds. The number of aryl methyl sites for hydroxylation is 1. The monoisotopic (exact) mass is 407 g/mol. The molecular weight excluding hydrogens is 381 g/mol. The molecule has 156 valence electrons. The summed E-state index contributed by atoms with van der Waals surface area (Å²) in [5.74, 6) is 1.62. The van der Waals surface area contributed by atoms with Gasteiger partial charge in [0.05, 0.1) is 17.4 Å². The van der Waals surface area contributed by atoms with Crippen LogP contribution in [0.25, 0.3) is 22.5 Å². The molecule has 4 atom stereocenters. The first-order chi connectivity index (χ1) is 14.5. The van der Waals surface area contributed by atoms with Crippen LogP contribution in [-0.4, -0.2) is 44.3 Å². The molecule has 30 heavy (non-hydrogen) atoms. The van der Waals surface area contributed by atoms with Crippen molar-refractivity contribution in [2.45, 2.75) is 37.9 Å². The Balaban J connectivity index is 1.36. The van der Waals surface area contributed by atoms with Gasteiger partial charge in [-0.1, -0.05) is 6.07 Å². The zero-order valence-corrected chi connectivity index (χ0v) is 17.2. The Labute approximate surface area is 175 Å². The van der Waals surface area contributed by atoms with Gasteiger partial charge in [-0.15, -0.1) is 10.2 Å². The van der Waals surface area contributed by atoms with Crippen molar-refractivity contribution < 1.29 is 9.50 Å². The average Bonchev–Trinajstić information content (AvgIpc) is 3.37. The SMILES string of the molecule is CN(c1ccc(-c2ccc(-c3ccn(C)n3)cc2O)nn1)[C@H]1C[C@@H]2CC[C@@H](C2)[C@H]1F. The molecule has 0 aliphatic heterocycles. The summed E-state index contributed by atoms with van der Waals surface area (Å²) in [6, 6.07) is 10.9. The van der Waals surface area contributed by atoms with Crippen molar-refractivity contribution in [3.05, 3.63) is 42.6 Å². The van der Waals surface area contributed by atoms with E-state index in [9.17, 15) is 9.50 Å². The fraction of sp³-hybridized carbons (Fsp3) is 0.435.